The molecular weight excluding hydrogens is 306 g/mol. The molecule has 21 heavy (non-hydrogen) atoms. The van der Waals surface area contributed by atoms with E-state index in [1.807, 2.05) is 44.2 Å². The lowest BCUT2D eigenvalue weighted by Crippen LogP contribution is -2.30. The summed E-state index contributed by atoms with van der Waals surface area (Å²) in [7, 11) is -3.38. The molecule has 0 aromatic heterocycles. The maximum Gasteiger partial charge on any atom is 0.232 e. The van der Waals surface area contributed by atoms with E-state index in [-0.39, 0.29) is 6.54 Å². The number of benzene rings is 2. The standard InChI is InChI=1S/C16H18ClNO2S/c1-12-6-4-7-13(2)16(12)18(21(3,19)20)11-14-8-5-9-15(17)10-14/h4-10H,11H2,1-3H3. The van der Waals surface area contributed by atoms with Crippen molar-refractivity contribution in [3.63, 3.8) is 0 Å². The molecule has 0 aliphatic carbocycles. The second kappa shape index (κ2) is 6.08. The van der Waals surface area contributed by atoms with E-state index in [4.69, 9.17) is 11.6 Å². The second-order valence-corrected chi connectivity index (χ2v) is 7.48. The lowest BCUT2D eigenvalue weighted by molar-refractivity contribution is 0.596. The average Bonchev–Trinajstić information content (AvgIpc) is 2.36. The van der Waals surface area contributed by atoms with Crippen LogP contribution in [0.25, 0.3) is 0 Å². The number of para-hydroxylation sites is 1. The summed E-state index contributed by atoms with van der Waals surface area (Å²) in [5, 5.41) is 0.599. The van der Waals surface area contributed by atoms with Gasteiger partial charge < -0.3 is 0 Å². The molecule has 0 radical (unpaired) electrons. The number of halogens is 1. The van der Waals surface area contributed by atoms with Gasteiger partial charge in [0.2, 0.25) is 10.0 Å². The van der Waals surface area contributed by atoms with Gasteiger partial charge in [-0.3, -0.25) is 4.31 Å². The fraction of sp³-hybridized carbons (Fsp3) is 0.250. The van der Waals surface area contributed by atoms with Gasteiger partial charge in [0, 0.05) is 5.02 Å². The van der Waals surface area contributed by atoms with Gasteiger partial charge in [0.25, 0.3) is 0 Å². The predicted molar refractivity (Wildman–Crippen MR) is 88.4 cm³/mol. The van der Waals surface area contributed by atoms with E-state index in [1.54, 1.807) is 12.1 Å². The minimum absolute atomic E-state index is 0.269. The summed E-state index contributed by atoms with van der Waals surface area (Å²) in [4.78, 5) is 0. The monoisotopic (exact) mass is 323 g/mol. The number of nitrogens with zero attached hydrogens (tertiary/aromatic N) is 1. The van der Waals surface area contributed by atoms with E-state index in [0.717, 1.165) is 22.4 Å². The highest BCUT2D eigenvalue weighted by Gasteiger charge is 2.21. The highest BCUT2D eigenvalue weighted by molar-refractivity contribution is 7.92. The van der Waals surface area contributed by atoms with Crippen LogP contribution in [-0.4, -0.2) is 14.7 Å². The van der Waals surface area contributed by atoms with Crippen molar-refractivity contribution in [1.82, 2.24) is 0 Å². The third kappa shape index (κ3) is 3.77. The molecule has 0 fully saturated rings. The van der Waals surface area contributed by atoms with Gasteiger partial charge in [-0.25, -0.2) is 8.42 Å². The SMILES string of the molecule is Cc1cccc(C)c1N(Cc1cccc(Cl)c1)S(C)(=O)=O. The maximum atomic E-state index is 12.2. The molecule has 0 saturated carbocycles. The Labute approximate surface area is 131 Å². The Bertz CT molecular complexity index is 736. The minimum Gasteiger partial charge on any atom is -0.266 e. The molecule has 2 aromatic carbocycles. The Morgan fingerprint density at radius 1 is 1.05 bits per heavy atom. The lowest BCUT2D eigenvalue weighted by Gasteiger charge is -2.26. The van der Waals surface area contributed by atoms with Crippen LogP contribution >= 0.6 is 11.6 Å². The number of hydrogen-bond donors (Lipinski definition) is 0. The van der Waals surface area contributed by atoms with Crippen molar-refractivity contribution < 1.29 is 8.42 Å². The molecule has 0 N–H and O–H groups in total. The van der Waals surface area contributed by atoms with Crippen LogP contribution in [0.2, 0.25) is 5.02 Å². The van der Waals surface area contributed by atoms with Crippen molar-refractivity contribution >= 4 is 27.3 Å². The normalized spacial score (nSPS) is 11.4. The fourth-order valence-electron chi connectivity index (χ4n) is 2.36. The van der Waals surface area contributed by atoms with E-state index >= 15 is 0 Å². The first-order chi connectivity index (χ1) is 9.79. The molecule has 3 nitrogen and oxygen atoms in total. The second-order valence-electron chi connectivity index (χ2n) is 5.14. The molecule has 0 heterocycles. The van der Waals surface area contributed by atoms with Crippen molar-refractivity contribution in [2.45, 2.75) is 20.4 Å². The molecule has 0 aliphatic heterocycles. The number of hydrogen-bond acceptors (Lipinski definition) is 2. The molecule has 0 saturated heterocycles. The third-order valence-electron chi connectivity index (χ3n) is 3.30. The lowest BCUT2D eigenvalue weighted by atomic mass is 10.1. The zero-order valence-electron chi connectivity index (χ0n) is 12.3. The Hall–Kier alpha value is -1.52. The van der Waals surface area contributed by atoms with Crippen LogP contribution in [0.1, 0.15) is 16.7 Å². The Balaban J connectivity index is 2.51. The van der Waals surface area contributed by atoms with Crippen LogP contribution in [0.15, 0.2) is 42.5 Å². The molecule has 0 atom stereocenters. The van der Waals surface area contributed by atoms with Crippen LogP contribution in [-0.2, 0) is 16.6 Å². The topological polar surface area (TPSA) is 37.4 Å². The molecule has 0 bridgehead atoms. The van der Waals surface area contributed by atoms with E-state index < -0.39 is 10.0 Å². The van der Waals surface area contributed by atoms with Crippen LogP contribution in [0.5, 0.6) is 0 Å². The molecule has 2 rings (SSSR count). The number of sulfonamides is 1. The number of anilines is 1. The van der Waals surface area contributed by atoms with Gasteiger partial charge >= 0.3 is 0 Å². The molecule has 5 heteroatoms. The number of aryl methyl sites for hydroxylation is 2. The highest BCUT2D eigenvalue weighted by atomic mass is 35.5. The summed E-state index contributed by atoms with van der Waals surface area (Å²) < 4.78 is 25.9. The van der Waals surface area contributed by atoms with Gasteiger partial charge in [0.1, 0.15) is 0 Å². The Morgan fingerprint density at radius 3 is 2.14 bits per heavy atom. The fourth-order valence-corrected chi connectivity index (χ4v) is 3.58. The van der Waals surface area contributed by atoms with Gasteiger partial charge in [-0.1, -0.05) is 41.9 Å². The van der Waals surface area contributed by atoms with Crippen LogP contribution < -0.4 is 4.31 Å². The average molecular weight is 324 g/mol. The van der Waals surface area contributed by atoms with Crippen molar-refractivity contribution in [1.29, 1.82) is 0 Å². The molecule has 0 amide bonds. The first-order valence-electron chi connectivity index (χ1n) is 6.57. The van der Waals surface area contributed by atoms with Crippen molar-refractivity contribution in [2.24, 2.45) is 0 Å². The first-order valence-corrected chi connectivity index (χ1v) is 8.80. The quantitative estimate of drug-likeness (QED) is 0.855. The third-order valence-corrected chi connectivity index (χ3v) is 4.65. The molecule has 112 valence electrons. The Kier molecular flexibility index (Phi) is 4.59. The number of rotatable bonds is 4. The van der Waals surface area contributed by atoms with Crippen LogP contribution in [0.3, 0.4) is 0 Å². The summed E-state index contributed by atoms with van der Waals surface area (Å²) >= 11 is 5.98. The summed E-state index contributed by atoms with van der Waals surface area (Å²) in [6.07, 6.45) is 1.23. The van der Waals surface area contributed by atoms with Crippen LogP contribution in [0.4, 0.5) is 5.69 Å². The van der Waals surface area contributed by atoms with E-state index in [2.05, 4.69) is 0 Å². The van der Waals surface area contributed by atoms with Crippen LogP contribution in [0, 0.1) is 13.8 Å². The molecule has 2 aromatic rings. The minimum atomic E-state index is -3.38. The van der Waals surface area contributed by atoms with Gasteiger partial charge in [0.05, 0.1) is 18.5 Å². The molecule has 0 aliphatic rings. The first kappa shape index (κ1) is 15.9. The summed E-state index contributed by atoms with van der Waals surface area (Å²) in [6, 6.07) is 13.0. The van der Waals surface area contributed by atoms with Crippen molar-refractivity contribution in [2.75, 3.05) is 10.6 Å². The smallest absolute Gasteiger partial charge is 0.232 e. The molecular formula is C16H18ClNO2S. The van der Waals surface area contributed by atoms with E-state index in [0.29, 0.717) is 5.02 Å². The zero-order chi connectivity index (χ0) is 15.6. The van der Waals surface area contributed by atoms with E-state index in [1.165, 1.54) is 10.6 Å². The van der Waals surface area contributed by atoms with Crippen molar-refractivity contribution in [3.8, 4) is 0 Å². The largest absolute Gasteiger partial charge is 0.266 e. The van der Waals surface area contributed by atoms with Gasteiger partial charge in [0.15, 0.2) is 0 Å². The van der Waals surface area contributed by atoms with Gasteiger partial charge in [-0.15, -0.1) is 0 Å². The predicted octanol–water partition coefficient (Wildman–Crippen LogP) is 3.92. The molecule has 0 unspecified atom stereocenters. The van der Waals surface area contributed by atoms with Gasteiger partial charge in [-0.05, 0) is 42.7 Å². The summed E-state index contributed by atoms with van der Waals surface area (Å²) in [6.45, 7) is 4.10. The summed E-state index contributed by atoms with van der Waals surface area (Å²) in [5.41, 5.74) is 3.46. The molecule has 0 spiro atoms. The van der Waals surface area contributed by atoms with Crippen molar-refractivity contribution in [3.05, 3.63) is 64.2 Å². The van der Waals surface area contributed by atoms with Gasteiger partial charge in [-0.2, -0.15) is 0 Å². The Morgan fingerprint density at radius 2 is 1.62 bits per heavy atom. The highest BCUT2D eigenvalue weighted by Crippen LogP contribution is 2.28. The maximum absolute atomic E-state index is 12.2. The summed E-state index contributed by atoms with van der Waals surface area (Å²) in [5.74, 6) is 0. The zero-order valence-corrected chi connectivity index (χ0v) is 13.9. The van der Waals surface area contributed by atoms with E-state index in [9.17, 15) is 8.42 Å².